The highest BCUT2D eigenvalue weighted by molar-refractivity contribution is 5.84. The molecule has 0 saturated carbocycles. The average Bonchev–Trinajstić information content (AvgIpc) is 3.31. The average molecular weight is 566 g/mol. The Bertz CT molecular complexity index is 1440. The fourth-order valence-corrected chi connectivity index (χ4v) is 7.06. The molecule has 41 heavy (non-hydrogen) atoms. The van der Waals surface area contributed by atoms with E-state index in [-0.39, 0.29) is 18.2 Å². The van der Waals surface area contributed by atoms with Crippen molar-refractivity contribution in [3.05, 3.63) is 71.0 Å². The van der Waals surface area contributed by atoms with Crippen LogP contribution in [-0.2, 0) is 35.7 Å². The SMILES string of the molecule is COc1ccc2c3c1O[C@H]1C(OC(=O)C(OC(=O)CC(O)C(=O)O)c4ccccc4)=CC[C@@]4(O)[C@@H](C2)N(C)CC[C@]314. The summed E-state index contributed by atoms with van der Waals surface area (Å²) in [4.78, 5) is 39.3. The van der Waals surface area contributed by atoms with Gasteiger partial charge in [0.25, 0.3) is 0 Å². The molecular formula is C30H31NO10. The maximum Gasteiger partial charge on any atom is 0.357 e. The molecule has 2 aromatic carbocycles. The molecule has 1 fully saturated rings. The van der Waals surface area contributed by atoms with Crippen LogP contribution in [0.3, 0.4) is 0 Å². The van der Waals surface area contributed by atoms with E-state index >= 15 is 0 Å². The van der Waals surface area contributed by atoms with Crippen LogP contribution in [0.5, 0.6) is 11.5 Å². The number of nitrogens with zero attached hydrogens (tertiary/aromatic N) is 1. The van der Waals surface area contributed by atoms with Gasteiger partial charge in [0.2, 0.25) is 6.10 Å². The molecule has 11 heteroatoms. The summed E-state index contributed by atoms with van der Waals surface area (Å²) in [5, 5.41) is 30.9. The van der Waals surface area contributed by atoms with Gasteiger partial charge in [-0.05, 0) is 44.1 Å². The topological polar surface area (TPSA) is 152 Å². The number of benzene rings is 2. The molecule has 0 radical (unpaired) electrons. The molecule has 2 aliphatic heterocycles. The monoisotopic (exact) mass is 565 g/mol. The number of aliphatic hydroxyl groups excluding tert-OH is 1. The second-order valence-electron chi connectivity index (χ2n) is 11.0. The van der Waals surface area contributed by atoms with Crippen molar-refractivity contribution in [2.45, 2.75) is 61.1 Å². The van der Waals surface area contributed by atoms with Crippen LogP contribution in [0.2, 0.25) is 0 Å². The van der Waals surface area contributed by atoms with E-state index in [1.165, 1.54) is 0 Å². The minimum absolute atomic E-state index is 0.179. The zero-order chi connectivity index (χ0) is 29.1. The number of hydrogen-bond donors (Lipinski definition) is 3. The first kappa shape index (κ1) is 27.3. The summed E-state index contributed by atoms with van der Waals surface area (Å²) in [6.07, 6.45) is -2.14. The van der Waals surface area contributed by atoms with Gasteiger partial charge in [0.05, 0.1) is 24.5 Å². The van der Waals surface area contributed by atoms with Gasteiger partial charge >= 0.3 is 17.9 Å². The van der Waals surface area contributed by atoms with Crippen molar-refractivity contribution in [1.82, 2.24) is 4.90 Å². The van der Waals surface area contributed by atoms with Gasteiger partial charge in [-0.25, -0.2) is 9.59 Å². The maximum atomic E-state index is 13.6. The van der Waals surface area contributed by atoms with Gasteiger partial charge in [0.15, 0.2) is 23.7 Å². The van der Waals surface area contributed by atoms with E-state index in [9.17, 15) is 24.6 Å². The fourth-order valence-electron chi connectivity index (χ4n) is 7.06. The molecule has 2 heterocycles. The van der Waals surface area contributed by atoms with Crippen molar-refractivity contribution in [1.29, 1.82) is 0 Å². The van der Waals surface area contributed by atoms with Crippen molar-refractivity contribution in [3.63, 3.8) is 0 Å². The Morgan fingerprint density at radius 3 is 2.63 bits per heavy atom. The van der Waals surface area contributed by atoms with E-state index in [2.05, 4.69) is 4.90 Å². The molecule has 4 aliphatic rings. The van der Waals surface area contributed by atoms with Gasteiger partial charge in [0.1, 0.15) is 5.76 Å². The van der Waals surface area contributed by atoms with Crippen LogP contribution in [0.25, 0.3) is 0 Å². The third-order valence-corrected chi connectivity index (χ3v) is 8.99. The lowest BCUT2D eigenvalue weighted by molar-refractivity contribution is -0.177. The van der Waals surface area contributed by atoms with Crippen LogP contribution in [0.4, 0.5) is 0 Å². The van der Waals surface area contributed by atoms with Crippen LogP contribution in [-0.4, -0.2) is 82.7 Å². The predicted molar refractivity (Wildman–Crippen MR) is 141 cm³/mol. The molecule has 0 aromatic heterocycles. The number of likely N-dealkylation sites (N-methyl/N-ethyl adjacent to an activating group) is 1. The molecule has 2 bridgehead atoms. The Balaban J connectivity index is 1.35. The van der Waals surface area contributed by atoms with Crippen molar-refractivity contribution in [2.75, 3.05) is 20.7 Å². The standard InChI is InChI=1S/C30H31NO10/c1-31-13-12-29-23-17-8-9-19(38-2)25(23)41-26(29)20(10-11-30(29,37)21(31)14-17)39-28(36)24(16-6-4-3-5-7-16)40-22(33)15-18(32)27(34)35/h3-10,18,21,24,26,32,37H,11-15H2,1-2H3,(H,34,35)/t18?,21-,24?,26+,29+,30-/m1/s1. The fraction of sp³-hybridized carbons (Fsp3) is 0.433. The number of likely N-dealkylation sites (tertiary alicyclic amines) is 1. The summed E-state index contributed by atoms with van der Waals surface area (Å²) >= 11 is 0. The van der Waals surface area contributed by atoms with Crippen LogP contribution in [0.1, 0.15) is 42.1 Å². The van der Waals surface area contributed by atoms with Crippen molar-refractivity contribution < 1.29 is 48.7 Å². The number of carbonyl (C=O) groups is 3. The Labute approximate surface area is 235 Å². The summed E-state index contributed by atoms with van der Waals surface area (Å²) < 4.78 is 23.4. The van der Waals surface area contributed by atoms with Crippen molar-refractivity contribution >= 4 is 17.9 Å². The number of esters is 2. The quantitative estimate of drug-likeness (QED) is 0.401. The highest BCUT2D eigenvalue weighted by atomic mass is 16.6. The second-order valence-corrected chi connectivity index (χ2v) is 11.0. The predicted octanol–water partition coefficient (Wildman–Crippen LogP) is 1.64. The zero-order valence-corrected chi connectivity index (χ0v) is 22.6. The zero-order valence-electron chi connectivity index (χ0n) is 22.6. The number of methoxy groups -OCH3 is 1. The number of carbonyl (C=O) groups excluding carboxylic acids is 2. The first-order valence-corrected chi connectivity index (χ1v) is 13.5. The van der Waals surface area contributed by atoms with E-state index in [1.807, 2.05) is 19.2 Å². The third kappa shape index (κ3) is 4.02. The molecule has 6 rings (SSSR count). The van der Waals surface area contributed by atoms with Crippen LogP contribution in [0.15, 0.2) is 54.3 Å². The van der Waals surface area contributed by atoms with Gasteiger partial charge < -0.3 is 39.2 Å². The summed E-state index contributed by atoms with van der Waals surface area (Å²) in [6, 6.07) is 11.8. The number of ether oxygens (including phenoxy) is 4. The molecule has 0 amide bonds. The van der Waals surface area contributed by atoms with Gasteiger partial charge in [0, 0.05) is 23.6 Å². The Morgan fingerprint density at radius 2 is 1.93 bits per heavy atom. The molecule has 3 N–H and O–H groups in total. The minimum Gasteiger partial charge on any atom is -0.493 e. The van der Waals surface area contributed by atoms with Crippen LogP contribution in [0, 0.1) is 0 Å². The first-order valence-electron chi connectivity index (χ1n) is 13.5. The normalized spacial score (nSPS) is 28.8. The molecule has 1 saturated heterocycles. The molecule has 11 nitrogen and oxygen atoms in total. The second kappa shape index (κ2) is 9.86. The summed E-state index contributed by atoms with van der Waals surface area (Å²) in [7, 11) is 3.54. The summed E-state index contributed by atoms with van der Waals surface area (Å²) in [6.45, 7) is 0.695. The number of carboxylic acids is 1. The third-order valence-electron chi connectivity index (χ3n) is 8.99. The van der Waals surface area contributed by atoms with Crippen LogP contribution < -0.4 is 9.47 Å². The number of carboxylic acid groups (broad SMARTS) is 1. The largest absolute Gasteiger partial charge is 0.493 e. The number of piperidine rings is 1. The van der Waals surface area contributed by atoms with Gasteiger partial charge in [-0.15, -0.1) is 0 Å². The van der Waals surface area contributed by atoms with Crippen LogP contribution >= 0.6 is 0 Å². The van der Waals surface area contributed by atoms with Gasteiger partial charge in [-0.2, -0.15) is 0 Å². The molecule has 2 aliphatic carbocycles. The molecule has 6 atom stereocenters. The molecule has 1 spiro atoms. The number of aliphatic carboxylic acids is 1. The Kier molecular flexibility index (Phi) is 6.55. The smallest absolute Gasteiger partial charge is 0.357 e. The first-order chi connectivity index (χ1) is 19.6. The number of rotatable bonds is 8. The van der Waals surface area contributed by atoms with Crippen molar-refractivity contribution in [3.8, 4) is 11.5 Å². The molecule has 2 aromatic rings. The van der Waals surface area contributed by atoms with E-state index < -0.39 is 53.7 Å². The van der Waals surface area contributed by atoms with E-state index in [4.69, 9.17) is 24.1 Å². The Morgan fingerprint density at radius 1 is 1.17 bits per heavy atom. The minimum atomic E-state index is -1.98. The van der Waals surface area contributed by atoms with Gasteiger partial charge in [-0.3, -0.25) is 4.79 Å². The molecular weight excluding hydrogens is 534 g/mol. The lowest BCUT2D eigenvalue weighted by atomic mass is 9.50. The summed E-state index contributed by atoms with van der Waals surface area (Å²) in [5.74, 6) is -2.36. The van der Waals surface area contributed by atoms with E-state index in [1.54, 1.807) is 43.5 Å². The van der Waals surface area contributed by atoms with Gasteiger partial charge in [-0.1, -0.05) is 36.4 Å². The highest BCUT2D eigenvalue weighted by Gasteiger charge is 2.72. The summed E-state index contributed by atoms with van der Waals surface area (Å²) in [5.41, 5.74) is 0.146. The van der Waals surface area contributed by atoms with Crippen molar-refractivity contribution in [2.24, 2.45) is 0 Å². The van der Waals surface area contributed by atoms with E-state index in [0.29, 0.717) is 36.4 Å². The number of hydrogen-bond acceptors (Lipinski definition) is 10. The maximum absolute atomic E-state index is 13.6. The van der Waals surface area contributed by atoms with E-state index in [0.717, 1.165) is 11.1 Å². The molecule has 216 valence electrons. The lowest BCUT2D eigenvalue weighted by Crippen LogP contribution is -2.74. The molecule has 2 unspecified atom stereocenters. The Hall–Kier alpha value is -3.93. The lowest BCUT2D eigenvalue weighted by Gasteiger charge is -2.61. The number of aliphatic hydroxyl groups is 2. The highest BCUT2D eigenvalue weighted by Crippen LogP contribution is 2.65.